The van der Waals surface area contributed by atoms with Gasteiger partial charge in [-0.15, -0.1) is 0 Å². The molecule has 2 N–H and O–H groups in total. The molecule has 0 aliphatic carbocycles. The third-order valence-electron chi connectivity index (χ3n) is 4.06. The fourth-order valence-corrected chi connectivity index (χ4v) is 2.99. The van der Waals surface area contributed by atoms with Gasteiger partial charge in [0.25, 0.3) is 0 Å². The summed E-state index contributed by atoms with van der Waals surface area (Å²) in [5, 5.41) is 7.27. The highest BCUT2D eigenvalue weighted by atomic mass is 16.5. The standard InChI is InChI=1S/C17H28N2O/c1-13-8-9-17(20-3)16(11-13)19-14(2)12-15-7-5-4-6-10-18-15/h8-9,11,14-15,18-19H,4-7,10,12H2,1-3H3. The van der Waals surface area contributed by atoms with Crippen molar-refractivity contribution >= 4 is 5.69 Å². The molecule has 0 spiro atoms. The molecule has 20 heavy (non-hydrogen) atoms. The van der Waals surface area contributed by atoms with Gasteiger partial charge in [-0.3, -0.25) is 0 Å². The van der Waals surface area contributed by atoms with Crippen LogP contribution in [0.25, 0.3) is 0 Å². The molecule has 3 heteroatoms. The number of hydrogen-bond donors (Lipinski definition) is 2. The van der Waals surface area contributed by atoms with Crippen molar-refractivity contribution < 1.29 is 4.74 Å². The van der Waals surface area contributed by atoms with E-state index in [0.29, 0.717) is 12.1 Å². The zero-order valence-corrected chi connectivity index (χ0v) is 13.0. The van der Waals surface area contributed by atoms with Crippen molar-refractivity contribution in [2.45, 2.75) is 58.0 Å². The highest BCUT2D eigenvalue weighted by molar-refractivity contribution is 5.58. The van der Waals surface area contributed by atoms with E-state index < -0.39 is 0 Å². The van der Waals surface area contributed by atoms with Crippen LogP contribution in [0.2, 0.25) is 0 Å². The lowest BCUT2D eigenvalue weighted by Gasteiger charge is -2.23. The van der Waals surface area contributed by atoms with Crippen LogP contribution in [0.1, 0.15) is 44.6 Å². The Bertz CT molecular complexity index is 411. The molecule has 2 atom stereocenters. The second-order valence-electron chi connectivity index (χ2n) is 5.99. The molecule has 1 aromatic rings. The van der Waals surface area contributed by atoms with Gasteiger partial charge in [0.2, 0.25) is 0 Å². The van der Waals surface area contributed by atoms with Gasteiger partial charge >= 0.3 is 0 Å². The molecule has 112 valence electrons. The van der Waals surface area contributed by atoms with E-state index in [-0.39, 0.29) is 0 Å². The molecule has 2 rings (SSSR count). The van der Waals surface area contributed by atoms with Crippen molar-refractivity contribution in [3.05, 3.63) is 23.8 Å². The fraction of sp³-hybridized carbons (Fsp3) is 0.647. The average Bonchev–Trinajstić information content (AvgIpc) is 2.67. The molecule has 1 aromatic carbocycles. The van der Waals surface area contributed by atoms with Crippen LogP contribution in [0.5, 0.6) is 5.75 Å². The number of rotatable bonds is 5. The Morgan fingerprint density at radius 2 is 2.20 bits per heavy atom. The molecule has 0 bridgehead atoms. The molecule has 1 aliphatic heterocycles. The van der Waals surface area contributed by atoms with Crippen LogP contribution in [-0.2, 0) is 0 Å². The quantitative estimate of drug-likeness (QED) is 0.860. The molecule has 0 saturated carbocycles. The summed E-state index contributed by atoms with van der Waals surface area (Å²) in [6, 6.07) is 7.38. The van der Waals surface area contributed by atoms with E-state index in [2.05, 4.69) is 36.6 Å². The highest BCUT2D eigenvalue weighted by Gasteiger charge is 2.15. The minimum atomic E-state index is 0.446. The Labute approximate surface area is 123 Å². The van der Waals surface area contributed by atoms with Crippen LogP contribution in [0.3, 0.4) is 0 Å². The molecule has 1 fully saturated rings. The van der Waals surface area contributed by atoms with Gasteiger partial charge in [0.1, 0.15) is 5.75 Å². The van der Waals surface area contributed by atoms with E-state index in [1.165, 1.54) is 37.8 Å². The van der Waals surface area contributed by atoms with Crippen LogP contribution < -0.4 is 15.4 Å². The predicted octanol–water partition coefficient (Wildman–Crippen LogP) is 3.73. The van der Waals surface area contributed by atoms with Gasteiger partial charge in [0.15, 0.2) is 0 Å². The molecule has 3 nitrogen and oxygen atoms in total. The molecule has 1 saturated heterocycles. The van der Waals surface area contributed by atoms with Crippen molar-refractivity contribution in [2.75, 3.05) is 19.0 Å². The maximum Gasteiger partial charge on any atom is 0.141 e. The second-order valence-corrected chi connectivity index (χ2v) is 5.99. The van der Waals surface area contributed by atoms with Crippen LogP contribution in [0, 0.1) is 6.92 Å². The topological polar surface area (TPSA) is 33.3 Å². The first-order chi connectivity index (χ1) is 9.69. The summed E-state index contributed by atoms with van der Waals surface area (Å²) in [5.74, 6) is 0.927. The van der Waals surface area contributed by atoms with E-state index in [9.17, 15) is 0 Å². The molecular weight excluding hydrogens is 248 g/mol. The first-order valence-corrected chi connectivity index (χ1v) is 7.83. The number of ether oxygens (including phenoxy) is 1. The van der Waals surface area contributed by atoms with Crippen molar-refractivity contribution in [3.8, 4) is 5.75 Å². The molecule has 0 amide bonds. The molecule has 2 unspecified atom stereocenters. The number of methoxy groups -OCH3 is 1. The van der Waals surface area contributed by atoms with Crippen molar-refractivity contribution in [1.29, 1.82) is 0 Å². The lowest BCUT2D eigenvalue weighted by Crippen LogP contribution is -2.33. The van der Waals surface area contributed by atoms with Crippen molar-refractivity contribution in [2.24, 2.45) is 0 Å². The normalized spacial score (nSPS) is 21.1. The zero-order valence-electron chi connectivity index (χ0n) is 13.0. The zero-order chi connectivity index (χ0) is 14.4. The van der Waals surface area contributed by atoms with E-state index in [4.69, 9.17) is 4.74 Å². The Morgan fingerprint density at radius 3 is 3.00 bits per heavy atom. The third kappa shape index (κ3) is 4.41. The van der Waals surface area contributed by atoms with Crippen LogP contribution in [0.15, 0.2) is 18.2 Å². The first kappa shape index (κ1) is 15.2. The summed E-state index contributed by atoms with van der Waals surface area (Å²) in [5.41, 5.74) is 2.36. The highest BCUT2D eigenvalue weighted by Crippen LogP contribution is 2.26. The summed E-state index contributed by atoms with van der Waals surface area (Å²) < 4.78 is 5.43. The fourth-order valence-electron chi connectivity index (χ4n) is 2.99. The minimum Gasteiger partial charge on any atom is -0.495 e. The number of nitrogens with one attached hydrogen (secondary N) is 2. The molecule has 1 aliphatic rings. The number of anilines is 1. The van der Waals surface area contributed by atoms with Gasteiger partial charge in [-0.05, 0) is 57.4 Å². The van der Waals surface area contributed by atoms with Crippen LogP contribution in [-0.4, -0.2) is 25.7 Å². The predicted molar refractivity (Wildman–Crippen MR) is 85.7 cm³/mol. The van der Waals surface area contributed by atoms with E-state index in [0.717, 1.165) is 17.9 Å². The lowest BCUT2D eigenvalue weighted by atomic mass is 10.0. The Kier molecular flexibility index (Phi) is 5.72. The maximum absolute atomic E-state index is 5.43. The van der Waals surface area contributed by atoms with Gasteiger partial charge in [0, 0.05) is 12.1 Å². The average molecular weight is 276 g/mol. The van der Waals surface area contributed by atoms with Crippen LogP contribution >= 0.6 is 0 Å². The molecule has 0 radical (unpaired) electrons. The third-order valence-corrected chi connectivity index (χ3v) is 4.06. The summed E-state index contributed by atoms with van der Waals surface area (Å²) in [6.07, 6.45) is 6.52. The number of benzene rings is 1. The summed E-state index contributed by atoms with van der Waals surface area (Å²) in [4.78, 5) is 0. The van der Waals surface area contributed by atoms with Gasteiger partial charge in [-0.25, -0.2) is 0 Å². The Morgan fingerprint density at radius 1 is 1.35 bits per heavy atom. The Balaban J connectivity index is 1.93. The van der Waals surface area contributed by atoms with Crippen molar-refractivity contribution in [3.63, 3.8) is 0 Å². The molecular formula is C17H28N2O. The first-order valence-electron chi connectivity index (χ1n) is 7.83. The maximum atomic E-state index is 5.43. The lowest BCUT2D eigenvalue weighted by molar-refractivity contribution is 0.414. The smallest absolute Gasteiger partial charge is 0.141 e. The molecule has 0 aromatic heterocycles. The summed E-state index contributed by atoms with van der Waals surface area (Å²) in [7, 11) is 1.73. The summed E-state index contributed by atoms with van der Waals surface area (Å²) >= 11 is 0. The van der Waals surface area contributed by atoms with Crippen LogP contribution in [0.4, 0.5) is 5.69 Å². The minimum absolute atomic E-state index is 0.446. The summed E-state index contributed by atoms with van der Waals surface area (Å²) in [6.45, 7) is 5.54. The van der Waals surface area contributed by atoms with Gasteiger partial charge < -0.3 is 15.4 Å². The van der Waals surface area contributed by atoms with Crippen molar-refractivity contribution in [1.82, 2.24) is 5.32 Å². The SMILES string of the molecule is COc1ccc(C)cc1NC(C)CC1CCCCCN1. The Hall–Kier alpha value is -1.22. The van der Waals surface area contributed by atoms with Gasteiger partial charge in [-0.1, -0.05) is 18.9 Å². The van der Waals surface area contributed by atoms with E-state index in [1.807, 2.05) is 6.07 Å². The number of aryl methyl sites for hydroxylation is 1. The largest absolute Gasteiger partial charge is 0.495 e. The number of hydrogen-bond acceptors (Lipinski definition) is 3. The van der Waals surface area contributed by atoms with Gasteiger partial charge in [-0.2, -0.15) is 0 Å². The van der Waals surface area contributed by atoms with Gasteiger partial charge in [0.05, 0.1) is 12.8 Å². The van der Waals surface area contributed by atoms with E-state index in [1.54, 1.807) is 7.11 Å². The van der Waals surface area contributed by atoms with E-state index >= 15 is 0 Å². The monoisotopic (exact) mass is 276 g/mol. The second kappa shape index (κ2) is 7.53. The molecule has 1 heterocycles.